The van der Waals surface area contributed by atoms with Crippen molar-refractivity contribution in [3.05, 3.63) is 63.9 Å². The summed E-state index contributed by atoms with van der Waals surface area (Å²) in [5.74, 6) is -0.649. The van der Waals surface area contributed by atoms with Crippen LogP contribution in [-0.4, -0.2) is 64.3 Å². The number of halogens is 2. The normalized spacial score (nSPS) is 18.4. The first-order valence-electron chi connectivity index (χ1n) is 13.6. The highest BCUT2D eigenvalue weighted by Crippen LogP contribution is 2.41. The van der Waals surface area contributed by atoms with E-state index in [4.69, 9.17) is 9.47 Å². The molecule has 1 aliphatic carbocycles. The Balaban J connectivity index is 1.47. The Morgan fingerprint density at radius 2 is 1.62 bits per heavy atom. The third-order valence-electron chi connectivity index (χ3n) is 7.37. The Morgan fingerprint density at radius 3 is 2.21 bits per heavy atom. The van der Waals surface area contributed by atoms with Gasteiger partial charge in [-0.1, -0.05) is 53.4 Å². The number of benzene rings is 2. The van der Waals surface area contributed by atoms with Crippen LogP contribution >= 0.6 is 15.9 Å². The molecule has 1 saturated heterocycles. The van der Waals surface area contributed by atoms with Gasteiger partial charge in [-0.15, -0.1) is 0 Å². The molecule has 9 heteroatoms. The number of carbonyl (C=O) groups is 2. The molecule has 212 valence electrons. The van der Waals surface area contributed by atoms with Crippen molar-refractivity contribution in [2.45, 2.75) is 76.6 Å². The van der Waals surface area contributed by atoms with E-state index in [1.165, 1.54) is 6.07 Å². The molecule has 2 amide bonds. The second-order valence-corrected chi connectivity index (χ2v) is 12.4. The summed E-state index contributed by atoms with van der Waals surface area (Å²) in [6.07, 6.45) is 3.51. The van der Waals surface area contributed by atoms with Gasteiger partial charge in [0, 0.05) is 36.2 Å². The number of piperazine rings is 1. The molecule has 2 fully saturated rings. The van der Waals surface area contributed by atoms with Crippen LogP contribution in [0, 0.1) is 5.82 Å². The van der Waals surface area contributed by atoms with Gasteiger partial charge in [-0.3, -0.25) is 4.79 Å². The van der Waals surface area contributed by atoms with Crippen LogP contribution in [0.5, 0.6) is 5.75 Å². The predicted molar refractivity (Wildman–Crippen MR) is 150 cm³/mol. The van der Waals surface area contributed by atoms with Crippen molar-refractivity contribution in [2.24, 2.45) is 0 Å². The highest BCUT2D eigenvalue weighted by atomic mass is 79.9. The molecular weight excluding hydrogens is 567 g/mol. The minimum absolute atomic E-state index is 0.0761. The maximum absolute atomic E-state index is 14.2. The lowest BCUT2D eigenvalue weighted by Crippen LogP contribution is -2.55. The zero-order valence-electron chi connectivity index (χ0n) is 22.9. The fourth-order valence-corrected chi connectivity index (χ4v) is 5.64. The lowest BCUT2D eigenvalue weighted by molar-refractivity contribution is -0.143. The number of hydrogen-bond acceptors (Lipinski definition) is 5. The molecule has 2 aromatic carbocycles. The summed E-state index contributed by atoms with van der Waals surface area (Å²) in [5.41, 5.74) is -0.555. The molecule has 1 atom stereocenters. The second kappa shape index (κ2) is 12.3. The molecule has 39 heavy (non-hydrogen) atoms. The average molecular weight is 606 g/mol. The molecule has 0 spiro atoms. The van der Waals surface area contributed by atoms with Crippen molar-refractivity contribution in [3.63, 3.8) is 0 Å². The Bertz CT molecular complexity index is 1150. The molecule has 1 unspecified atom stereocenters. The van der Waals surface area contributed by atoms with Crippen molar-refractivity contribution in [2.75, 3.05) is 26.2 Å². The fraction of sp³-hybridized carbons (Fsp3) is 0.533. The molecule has 4 rings (SSSR count). The number of rotatable bonds is 6. The van der Waals surface area contributed by atoms with Crippen molar-refractivity contribution in [1.82, 2.24) is 9.80 Å². The summed E-state index contributed by atoms with van der Waals surface area (Å²) in [6, 6.07) is 12.0. The van der Waals surface area contributed by atoms with Gasteiger partial charge in [-0.2, -0.15) is 0 Å². The van der Waals surface area contributed by atoms with Crippen molar-refractivity contribution in [1.29, 1.82) is 0 Å². The van der Waals surface area contributed by atoms with Gasteiger partial charge >= 0.3 is 6.09 Å². The summed E-state index contributed by atoms with van der Waals surface area (Å²) < 4.78 is 26.1. The Labute approximate surface area is 238 Å². The zero-order valence-corrected chi connectivity index (χ0v) is 24.5. The van der Waals surface area contributed by atoms with Gasteiger partial charge in [0.15, 0.2) is 0 Å². The molecule has 1 N–H and O–H groups in total. The summed E-state index contributed by atoms with van der Waals surface area (Å²) in [6.45, 7) is 7.08. The minimum Gasteiger partial charge on any atom is -0.489 e. The maximum atomic E-state index is 14.2. The van der Waals surface area contributed by atoms with Crippen LogP contribution < -0.4 is 4.74 Å². The van der Waals surface area contributed by atoms with Crippen LogP contribution in [-0.2, 0) is 16.1 Å². The van der Waals surface area contributed by atoms with E-state index in [1.807, 2.05) is 32.9 Å². The van der Waals surface area contributed by atoms with E-state index < -0.39 is 17.1 Å². The highest BCUT2D eigenvalue weighted by Gasteiger charge is 2.45. The molecule has 1 aliphatic heterocycles. The lowest BCUT2D eigenvalue weighted by Gasteiger charge is -2.43. The van der Waals surface area contributed by atoms with Crippen LogP contribution in [0.1, 0.15) is 69.9 Å². The smallest absolute Gasteiger partial charge is 0.410 e. The van der Waals surface area contributed by atoms with Gasteiger partial charge in [0.2, 0.25) is 5.91 Å². The summed E-state index contributed by atoms with van der Waals surface area (Å²) >= 11 is 3.26. The largest absolute Gasteiger partial charge is 0.489 e. The van der Waals surface area contributed by atoms with Crippen molar-refractivity contribution < 1.29 is 28.6 Å². The van der Waals surface area contributed by atoms with Crippen LogP contribution in [0.25, 0.3) is 0 Å². The lowest BCUT2D eigenvalue weighted by atomic mass is 9.72. The van der Waals surface area contributed by atoms with E-state index in [1.54, 1.807) is 34.1 Å². The molecule has 0 bridgehead atoms. The highest BCUT2D eigenvalue weighted by molar-refractivity contribution is 9.10. The standard InChI is InChI=1S/C30H38BrFN2O5/c1-29(2,3)39-28(36)34-17-15-33(16-18-34)27(35)26(30(37)13-5-4-6-14-30)21-8-11-24(12-9-21)38-20-22-7-10-23(31)19-25(22)32/h7-12,19,26,37H,4-6,13-18,20H2,1-3H3. The Morgan fingerprint density at radius 1 is 1.00 bits per heavy atom. The molecule has 0 aromatic heterocycles. The number of carbonyl (C=O) groups excluding carboxylic acids is 2. The first kappa shape index (κ1) is 29.3. The number of aliphatic hydroxyl groups is 1. The fourth-order valence-electron chi connectivity index (χ4n) is 5.31. The van der Waals surface area contributed by atoms with E-state index in [0.717, 1.165) is 24.8 Å². The monoisotopic (exact) mass is 604 g/mol. The minimum atomic E-state index is -1.14. The van der Waals surface area contributed by atoms with Gasteiger partial charge < -0.3 is 24.4 Å². The number of ether oxygens (including phenoxy) is 2. The van der Waals surface area contributed by atoms with E-state index in [2.05, 4.69) is 15.9 Å². The van der Waals surface area contributed by atoms with Crippen molar-refractivity contribution in [3.8, 4) is 5.75 Å². The predicted octanol–water partition coefficient (Wildman–Crippen LogP) is 6.03. The first-order valence-corrected chi connectivity index (χ1v) is 14.4. The van der Waals surface area contributed by atoms with Gasteiger partial charge in [-0.05, 0) is 63.4 Å². The van der Waals surface area contributed by atoms with E-state index in [-0.39, 0.29) is 24.4 Å². The average Bonchev–Trinajstić information content (AvgIpc) is 2.88. The molecular formula is C30H38BrFN2O5. The van der Waals surface area contributed by atoms with E-state index in [9.17, 15) is 19.1 Å². The van der Waals surface area contributed by atoms with Gasteiger partial charge in [-0.25, -0.2) is 9.18 Å². The van der Waals surface area contributed by atoms with E-state index in [0.29, 0.717) is 54.8 Å². The van der Waals surface area contributed by atoms with Crippen LogP contribution in [0.2, 0.25) is 0 Å². The first-order chi connectivity index (χ1) is 18.4. The number of amides is 2. The van der Waals surface area contributed by atoms with Crippen LogP contribution in [0.4, 0.5) is 9.18 Å². The zero-order chi connectivity index (χ0) is 28.2. The van der Waals surface area contributed by atoms with Crippen LogP contribution in [0.3, 0.4) is 0 Å². The van der Waals surface area contributed by atoms with Crippen molar-refractivity contribution >= 4 is 27.9 Å². The molecule has 1 saturated carbocycles. The number of nitrogens with zero attached hydrogens (tertiary/aromatic N) is 2. The summed E-state index contributed by atoms with van der Waals surface area (Å²) in [5, 5.41) is 11.7. The number of hydrogen-bond donors (Lipinski definition) is 1. The molecule has 0 radical (unpaired) electrons. The van der Waals surface area contributed by atoms with Gasteiger partial charge in [0.05, 0.1) is 11.5 Å². The quantitative estimate of drug-likeness (QED) is 0.436. The second-order valence-electron chi connectivity index (χ2n) is 11.5. The van der Waals surface area contributed by atoms with Gasteiger partial charge in [0.25, 0.3) is 0 Å². The van der Waals surface area contributed by atoms with Crippen LogP contribution in [0.15, 0.2) is 46.9 Å². The third kappa shape index (κ3) is 7.51. The van der Waals surface area contributed by atoms with E-state index >= 15 is 0 Å². The maximum Gasteiger partial charge on any atom is 0.410 e. The molecule has 7 nitrogen and oxygen atoms in total. The molecule has 1 heterocycles. The molecule has 2 aromatic rings. The Kier molecular flexibility index (Phi) is 9.21. The molecule has 2 aliphatic rings. The SMILES string of the molecule is CC(C)(C)OC(=O)N1CCN(C(=O)C(c2ccc(OCc3ccc(Br)cc3F)cc2)C2(O)CCCCC2)CC1. The van der Waals surface area contributed by atoms with Gasteiger partial charge in [0.1, 0.15) is 23.8 Å². The summed E-state index contributed by atoms with van der Waals surface area (Å²) in [7, 11) is 0. The Hall–Kier alpha value is -2.65. The topological polar surface area (TPSA) is 79.3 Å². The third-order valence-corrected chi connectivity index (χ3v) is 7.86. The summed E-state index contributed by atoms with van der Waals surface area (Å²) in [4.78, 5) is 29.8.